The van der Waals surface area contributed by atoms with Crippen LogP contribution in [0.5, 0.6) is 0 Å². The van der Waals surface area contributed by atoms with E-state index in [2.05, 4.69) is 34.9 Å². The zero-order valence-electron chi connectivity index (χ0n) is 40.5. The Morgan fingerprint density at radius 1 is 0.625 bits per heavy atom. The van der Waals surface area contributed by atoms with E-state index in [0.29, 0.717) is 4.57 Å². The van der Waals surface area contributed by atoms with E-state index in [9.17, 15) is 68.0 Å². The monoisotopic (exact) mass is 1190 g/mol. The molecule has 4 aliphatic heterocycles. The zero-order valence-corrected chi connectivity index (χ0v) is 43.2. The number of hydrogen-bond donors (Lipinski definition) is 12. The van der Waals surface area contributed by atoms with E-state index in [-0.39, 0.29) is 46.8 Å². The predicted octanol–water partition coefficient (Wildman–Crippen LogP) is -4.54. The Hall–Kier alpha value is -6.13. The number of aromatic amines is 2. The highest BCUT2D eigenvalue weighted by atomic mass is 31.2. The lowest BCUT2D eigenvalue weighted by atomic mass is 10.1. The number of imidazole rings is 2. The topological polar surface area (TPSA) is 560 Å². The molecule has 80 heavy (non-hydrogen) atoms. The zero-order chi connectivity index (χ0) is 57.2. The van der Waals surface area contributed by atoms with Crippen LogP contribution in [-0.2, 0) is 59.8 Å². The number of aromatic nitrogens is 12. The number of anilines is 3. The molecule has 4 fully saturated rings. The molecule has 39 nitrogen and oxygen atoms in total. The lowest BCUT2D eigenvalue weighted by Crippen LogP contribution is -2.39. The minimum atomic E-state index is -5.69. The number of fused-ring (bicyclic) bond motifs is 2. The summed E-state index contributed by atoms with van der Waals surface area (Å²) in [6.07, 6.45) is -18.4. The first-order valence-electron chi connectivity index (χ1n) is 23.5. The third-order valence-corrected chi connectivity index (χ3v) is 15.8. The average molecular weight is 1190 g/mol. The first-order valence-corrected chi connectivity index (χ1v) is 27.9. The van der Waals surface area contributed by atoms with Crippen molar-refractivity contribution in [2.24, 2.45) is 0 Å². The molecular weight excluding hydrogens is 1140 g/mol. The maximum Gasteiger partial charge on any atom is 0.472 e. The Morgan fingerprint density at radius 2 is 1.16 bits per heavy atom. The van der Waals surface area contributed by atoms with Crippen molar-refractivity contribution < 1.29 is 94.9 Å². The summed E-state index contributed by atoms with van der Waals surface area (Å²) in [5.41, 5.74) is 13.2. The maximum absolute atomic E-state index is 14.0. The van der Waals surface area contributed by atoms with E-state index < -0.39 is 164 Å². The Kier molecular flexibility index (Phi) is 15.9. The third kappa shape index (κ3) is 11.7. The summed E-state index contributed by atoms with van der Waals surface area (Å²) in [4.78, 5) is 111. The number of H-pyrrole nitrogens is 2. The number of aliphatic hydroxyl groups is 4. The second-order valence-electron chi connectivity index (χ2n) is 18.1. The summed E-state index contributed by atoms with van der Waals surface area (Å²) in [6, 6.07) is 2.22. The van der Waals surface area contributed by atoms with Crippen molar-refractivity contribution in [1.82, 2.24) is 58.1 Å². The summed E-state index contributed by atoms with van der Waals surface area (Å²) in [7, 11) is -16.5. The molecule has 3 unspecified atom stereocenters. The van der Waals surface area contributed by atoms with Gasteiger partial charge in [0.25, 0.3) is 11.1 Å². The normalized spacial score (nSPS) is 31.2. The van der Waals surface area contributed by atoms with Gasteiger partial charge in [-0.3, -0.25) is 65.0 Å². The minimum absolute atomic E-state index is 0.0263. The van der Waals surface area contributed by atoms with Gasteiger partial charge in [-0.05, 0) is 18.9 Å². The van der Waals surface area contributed by atoms with E-state index in [0.717, 1.165) is 34.1 Å². The van der Waals surface area contributed by atoms with Gasteiger partial charge in [0.1, 0.15) is 78.8 Å². The summed E-state index contributed by atoms with van der Waals surface area (Å²) in [6.45, 7) is -3.90. The van der Waals surface area contributed by atoms with Crippen LogP contribution in [0.1, 0.15) is 37.8 Å². The minimum Gasteiger partial charge on any atom is -0.394 e. The van der Waals surface area contributed by atoms with Gasteiger partial charge in [-0.2, -0.15) is 9.97 Å². The first kappa shape index (κ1) is 57.1. The molecule has 6 aromatic rings. The van der Waals surface area contributed by atoms with Gasteiger partial charge < -0.3 is 71.3 Å². The largest absolute Gasteiger partial charge is 0.472 e. The molecule has 6 aromatic heterocycles. The number of hydrogen-bond acceptors (Lipinski definition) is 30. The van der Waals surface area contributed by atoms with Crippen molar-refractivity contribution in [3.05, 3.63) is 85.2 Å². The summed E-state index contributed by atoms with van der Waals surface area (Å²) in [5.74, 6) is -0.482. The van der Waals surface area contributed by atoms with Crippen LogP contribution in [0.3, 0.4) is 0 Å². The molecule has 4 aliphatic rings. The van der Waals surface area contributed by atoms with Crippen molar-refractivity contribution in [3.8, 4) is 0 Å². The molecule has 0 spiro atoms. The van der Waals surface area contributed by atoms with Crippen molar-refractivity contribution in [2.45, 2.75) is 98.8 Å². The van der Waals surface area contributed by atoms with Crippen LogP contribution < -0.4 is 39.7 Å². The molecule has 0 aromatic carbocycles. The fourth-order valence-electron chi connectivity index (χ4n) is 9.19. The van der Waals surface area contributed by atoms with E-state index in [1.54, 1.807) is 0 Å². The molecule has 434 valence electrons. The fourth-order valence-corrected chi connectivity index (χ4v) is 12.1. The van der Waals surface area contributed by atoms with Gasteiger partial charge in [-0.15, -0.1) is 0 Å². The molecule has 0 saturated carbocycles. The third-order valence-electron chi connectivity index (χ3n) is 12.9. The van der Waals surface area contributed by atoms with Crippen LogP contribution >= 0.6 is 23.5 Å². The molecule has 15 N–H and O–H groups in total. The summed E-state index contributed by atoms with van der Waals surface area (Å²) in [5, 5.41) is 44.7. The molecule has 0 amide bonds. The van der Waals surface area contributed by atoms with Gasteiger partial charge in [-0.25, -0.2) is 43.2 Å². The van der Waals surface area contributed by atoms with Crippen LogP contribution in [0.2, 0.25) is 0 Å². The Bertz CT molecular complexity index is 3670. The highest BCUT2D eigenvalue weighted by Crippen LogP contribution is 2.54. The summed E-state index contributed by atoms with van der Waals surface area (Å²) >= 11 is 0. The first-order chi connectivity index (χ1) is 37.9. The van der Waals surface area contributed by atoms with Crippen LogP contribution in [0.15, 0.2) is 62.7 Å². The van der Waals surface area contributed by atoms with Crippen molar-refractivity contribution in [1.29, 1.82) is 0 Å². The molecule has 10 rings (SSSR count). The van der Waals surface area contributed by atoms with Gasteiger partial charge in [0.15, 0.2) is 41.3 Å². The highest BCUT2D eigenvalue weighted by Gasteiger charge is 2.54. The second-order valence-corrected chi connectivity index (χ2v) is 22.3. The molecular formula is C38H48N15O24P3. The van der Waals surface area contributed by atoms with Gasteiger partial charge in [-0.1, -0.05) is 0 Å². The lowest BCUT2D eigenvalue weighted by Gasteiger charge is -2.26. The SMILES string of the molecule is Nc1ccn([C@H]2CC[C@@H](COP(=O)(O)O[C@H]3[C@@H](O)[C@H](n4ccc(=O)[nH]c4=O)O[C@@H]3COP(=O)(O)O[C@H]3[C@@H](O)[C@H](n4cnc5c(=O)[nH]c(N)nc54)O[C@@H]3COP(=O)(O)O[C@H]3[C@@H](O)[C@H](n4cnc5c(N)ncnc54)O[C@@H]3CO)O2)c(=O)n1. The van der Waals surface area contributed by atoms with E-state index in [4.69, 9.17) is 63.3 Å². The predicted molar refractivity (Wildman–Crippen MR) is 258 cm³/mol. The van der Waals surface area contributed by atoms with E-state index in [1.807, 2.05) is 4.98 Å². The standard InChI is InChI=1S/C38H48N15O24P3/c39-18-3-5-50(37(60)46-18)20-2-1-14(71-20)8-68-78(62,63)76-27-16(73-33(24(27)57)51-6-4-19(55)47-38(51)61)9-70-80(66,67)77-28-17(74-35(25(28)58)53-13-45-22-31(53)48-36(41)49-32(22)59)10-69-79(64,65)75-26-15(7-54)72-34(23(26)56)52-12-44-21-29(40)42-11-43-30(21)52/h3-6,11-17,20,23-28,33-35,54,56-58H,1-2,7-10H2,(H,62,63)(H,64,65)(H,66,67)(H2,39,46,60)(H2,40,42,43)(H,47,55,61)(H3,41,48,49,59)/t14-,15+,16+,17+,20+,23+,24+,25+,26+,27+,28+,33+,34+,35+/m0/s1. The molecule has 4 saturated heterocycles. The number of phosphoric acid groups is 3. The van der Waals surface area contributed by atoms with Gasteiger partial charge in [0, 0.05) is 18.5 Å². The van der Waals surface area contributed by atoms with Crippen LogP contribution in [0.25, 0.3) is 22.3 Å². The number of nitrogens with two attached hydrogens (primary N) is 3. The van der Waals surface area contributed by atoms with Crippen LogP contribution in [-0.4, -0.2) is 181 Å². The van der Waals surface area contributed by atoms with E-state index in [1.165, 1.54) is 23.2 Å². The Balaban J connectivity index is 0.856. The Labute approximate surface area is 443 Å². The van der Waals surface area contributed by atoms with Crippen molar-refractivity contribution >= 4 is 63.4 Å². The molecule has 0 aliphatic carbocycles. The molecule has 10 heterocycles. The van der Waals surface area contributed by atoms with Gasteiger partial charge in [0.2, 0.25) is 5.95 Å². The van der Waals surface area contributed by atoms with Crippen LogP contribution in [0, 0.1) is 0 Å². The quantitative estimate of drug-likeness (QED) is 0.0320. The van der Waals surface area contributed by atoms with Crippen molar-refractivity contribution in [3.63, 3.8) is 0 Å². The van der Waals surface area contributed by atoms with Gasteiger partial charge >= 0.3 is 34.8 Å². The van der Waals surface area contributed by atoms with Crippen LogP contribution in [0.4, 0.5) is 17.6 Å². The Morgan fingerprint density at radius 3 is 1.75 bits per heavy atom. The maximum atomic E-state index is 14.0. The lowest BCUT2D eigenvalue weighted by molar-refractivity contribution is -0.0635. The molecule has 0 radical (unpaired) electrons. The van der Waals surface area contributed by atoms with Crippen molar-refractivity contribution in [2.75, 3.05) is 43.6 Å². The number of nitrogens with one attached hydrogen (secondary N) is 2. The number of nitrogens with zero attached hydrogens (tertiary/aromatic N) is 10. The second kappa shape index (κ2) is 22.3. The van der Waals surface area contributed by atoms with Gasteiger partial charge in [0.05, 0.1) is 45.2 Å². The number of aliphatic hydroxyl groups excluding tert-OH is 4. The number of rotatable bonds is 20. The fraction of sp³-hybridized carbons (Fsp3) is 0.526. The molecule has 17 atom stereocenters. The van der Waals surface area contributed by atoms with E-state index >= 15 is 0 Å². The number of phosphoric ester groups is 3. The smallest absolute Gasteiger partial charge is 0.394 e. The average Bonchev–Trinajstić information content (AvgIpc) is 4.34. The highest BCUT2D eigenvalue weighted by molar-refractivity contribution is 7.48. The number of nitrogen functional groups attached to an aromatic ring is 3. The summed E-state index contributed by atoms with van der Waals surface area (Å²) < 4.78 is 99.9. The molecule has 42 heteroatoms. The molecule has 0 bridgehead atoms. The number of ether oxygens (including phenoxy) is 4.